The monoisotopic (exact) mass is 283 g/mol. The Morgan fingerprint density at radius 1 is 1.37 bits per heavy atom. The molecule has 1 saturated carbocycles. The Hall–Kier alpha value is -0.930. The zero-order valence-electron chi connectivity index (χ0n) is 11.8. The molecule has 0 radical (unpaired) electrons. The van der Waals surface area contributed by atoms with Crippen LogP contribution in [-0.4, -0.2) is 24.9 Å². The summed E-state index contributed by atoms with van der Waals surface area (Å²) in [5.41, 5.74) is 1.04. The van der Waals surface area contributed by atoms with Gasteiger partial charge in [-0.05, 0) is 51.8 Å². The summed E-state index contributed by atoms with van der Waals surface area (Å²) >= 11 is 6.21. The minimum absolute atomic E-state index is 0.134. The van der Waals surface area contributed by atoms with Gasteiger partial charge in [0.05, 0.1) is 17.2 Å². The number of rotatable bonds is 6. The van der Waals surface area contributed by atoms with E-state index in [9.17, 15) is 0 Å². The predicted molar refractivity (Wildman–Crippen MR) is 79.3 cm³/mol. The smallest absolute Gasteiger partial charge is 0.138 e. The lowest BCUT2D eigenvalue weighted by atomic mass is 9.89. The third kappa shape index (κ3) is 4.02. The van der Waals surface area contributed by atoms with E-state index in [1.807, 2.05) is 39.0 Å². The Balaban J connectivity index is 1.87. The van der Waals surface area contributed by atoms with Crippen LogP contribution in [0.3, 0.4) is 0 Å². The van der Waals surface area contributed by atoms with Crippen LogP contribution in [-0.2, 0) is 4.74 Å². The second-order valence-corrected chi connectivity index (χ2v) is 5.61. The second kappa shape index (κ2) is 6.49. The van der Waals surface area contributed by atoms with Crippen LogP contribution in [0.4, 0.5) is 5.69 Å². The average molecular weight is 284 g/mol. The molecule has 0 saturated heterocycles. The number of nitrogens with one attached hydrogen (secondary N) is 1. The minimum Gasteiger partial charge on any atom is -0.489 e. The van der Waals surface area contributed by atoms with Gasteiger partial charge in [0.25, 0.3) is 0 Å². The van der Waals surface area contributed by atoms with Crippen LogP contribution >= 0.6 is 11.6 Å². The summed E-state index contributed by atoms with van der Waals surface area (Å²) in [6, 6.07) is 6.35. The summed E-state index contributed by atoms with van der Waals surface area (Å²) in [5, 5.41) is 4.12. The maximum absolute atomic E-state index is 6.21. The molecule has 1 fully saturated rings. The lowest BCUT2D eigenvalue weighted by Gasteiger charge is -2.36. The van der Waals surface area contributed by atoms with Gasteiger partial charge in [-0.3, -0.25) is 0 Å². The van der Waals surface area contributed by atoms with E-state index in [2.05, 4.69) is 5.32 Å². The summed E-state index contributed by atoms with van der Waals surface area (Å²) in [6.07, 6.45) is 2.68. The highest BCUT2D eigenvalue weighted by Gasteiger charge is 2.29. The summed E-state index contributed by atoms with van der Waals surface area (Å²) in [7, 11) is 0. The number of anilines is 1. The number of ether oxygens (including phenoxy) is 2. The number of benzene rings is 1. The summed E-state index contributed by atoms with van der Waals surface area (Å²) in [4.78, 5) is 0. The zero-order chi connectivity index (χ0) is 13.8. The molecule has 1 aromatic carbocycles. The van der Waals surface area contributed by atoms with E-state index in [4.69, 9.17) is 21.1 Å². The molecule has 4 heteroatoms. The summed E-state index contributed by atoms with van der Waals surface area (Å²) in [5.74, 6) is 0.739. The molecule has 3 nitrogen and oxygen atoms in total. The topological polar surface area (TPSA) is 30.5 Å². The van der Waals surface area contributed by atoms with Gasteiger partial charge < -0.3 is 14.8 Å². The van der Waals surface area contributed by atoms with Crippen molar-refractivity contribution in [1.29, 1.82) is 0 Å². The lowest BCUT2D eigenvalue weighted by Crippen LogP contribution is -2.40. The first-order valence-corrected chi connectivity index (χ1v) is 7.30. The first-order valence-electron chi connectivity index (χ1n) is 6.92. The van der Waals surface area contributed by atoms with E-state index >= 15 is 0 Å². The van der Waals surface area contributed by atoms with Crippen molar-refractivity contribution < 1.29 is 9.47 Å². The van der Waals surface area contributed by atoms with Crippen LogP contribution in [0.25, 0.3) is 0 Å². The number of hydrogen-bond acceptors (Lipinski definition) is 3. The van der Waals surface area contributed by atoms with Gasteiger partial charge in [0.2, 0.25) is 0 Å². The van der Waals surface area contributed by atoms with E-state index in [0.29, 0.717) is 17.2 Å². The summed E-state index contributed by atoms with van der Waals surface area (Å²) < 4.78 is 11.2. The van der Waals surface area contributed by atoms with Gasteiger partial charge in [-0.25, -0.2) is 0 Å². The van der Waals surface area contributed by atoms with Crippen molar-refractivity contribution in [3.63, 3.8) is 0 Å². The maximum atomic E-state index is 6.21. The van der Waals surface area contributed by atoms with Crippen molar-refractivity contribution in [2.24, 2.45) is 0 Å². The zero-order valence-corrected chi connectivity index (χ0v) is 12.5. The third-order valence-corrected chi connectivity index (χ3v) is 3.46. The van der Waals surface area contributed by atoms with Gasteiger partial charge in [0.15, 0.2) is 0 Å². The first-order chi connectivity index (χ1) is 9.08. The highest BCUT2D eigenvalue weighted by Crippen LogP contribution is 2.31. The largest absolute Gasteiger partial charge is 0.489 e. The molecule has 0 aromatic heterocycles. The van der Waals surface area contributed by atoms with Crippen LogP contribution in [0, 0.1) is 0 Å². The maximum Gasteiger partial charge on any atom is 0.138 e. The van der Waals surface area contributed by atoms with Gasteiger partial charge in [-0.15, -0.1) is 0 Å². The van der Waals surface area contributed by atoms with Crippen LogP contribution in [0.15, 0.2) is 18.2 Å². The molecular weight excluding hydrogens is 262 g/mol. The number of halogens is 1. The molecule has 0 heterocycles. The molecule has 2 rings (SSSR count). The van der Waals surface area contributed by atoms with Gasteiger partial charge in [0, 0.05) is 18.3 Å². The molecule has 106 valence electrons. The molecule has 1 aliphatic rings. The van der Waals surface area contributed by atoms with Crippen molar-refractivity contribution in [3.8, 4) is 5.75 Å². The van der Waals surface area contributed by atoms with E-state index in [0.717, 1.165) is 30.9 Å². The SMILES string of the molecule is CCOC1CC(Nc2ccc(OC(C)C)c(Cl)c2)C1. The molecule has 0 bridgehead atoms. The van der Waals surface area contributed by atoms with Crippen molar-refractivity contribution in [3.05, 3.63) is 23.2 Å². The Labute approximate surface area is 120 Å². The average Bonchev–Trinajstić information content (AvgIpc) is 2.29. The molecule has 0 amide bonds. The second-order valence-electron chi connectivity index (χ2n) is 5.20. The summed E-state index contributed by atoms with van der Waals surface area (Å²) in [6.45, 7) is 6.81. The van der Waals surface area contributed by atoms with E-state index in [1.54, 1.807) is 0 Å². The fourth-order valence-corrected chi connectivity index (χ4v) is 2.46. The Morgan fingerprint density at radius 2 is 2.11 bits per heavy atom. The molecule has 0 atom stereocenters. The van der Waals surface area contributed by atoms with Crippen LogP contribution in [0.1, 0.15) is 33.6 Å². The quantitative estimate of drug-likeness (QED) is 0.852. The predicted octanol–water partition coefficient (Wildman–Crippen LogP) is 4.11. The molecule has 1 aliphatic carbocycles. The molecule has 1 aromatic rings. The molecule has 19 heavy (non-hydrogen) atoms. The molecule has 0 unspecified atom stereocenters. The van der Waals surface area contributed by atoms with Gasteiger partial charge >= 0.3 is 0 Å². The lowest BCUT2D eigenvalue weighted by molar-refractivity contribution is 0.00299. The van der Waals surface area contributed by atoms with Crippen molar-refractivity contribution >= 4 is 17.3 Å². The Bertz CT molecular complexity index is 417. The van der Waals surface area contributed by atoms with E-state index in [1.165, 1.54) is 0 Å². The third-order valence-electron chi connectivity index (χ3n) is 3.16. The van der Waals surface area contributed by atoms with Crippen molar-refractivity contribution in [1.82, 2.24) is 0 Å². The van der Waals surface area contributed by atoms with Crippen LogP contribution in [0.5, 0.6) is 5.75 Å². The highest BCUT2D eigenvalue weighted by atomic mass is 35.5. The molecular formula is C15H22ClNO2. The fourth-order valence-electron chi connectivity index (χ4n) is 2.23. The minimum atomic E-state index is 0.134. The Morgan fingerprint density at radius 3 is 2.68 bits per heavy atom. The molecule has 1 N–H and O–H groups in total. The Kier molecular flexibility index (Phi) is 4.94. The normalized spacial score (nSPS) is 22.2. The van der Waals surface area contributed by atoms with E-state index < -0.39 is 0 Å². The fraction of sp³-hybridized carbons (Fsp3) is 0.600. The number of hydrogen-bond donors (Lipinski definition) is 1. The van der Waals surface area contributed by atoms with Crippen molar-refractivity contribution in [2.45, 2.75) is 51.9 Å². The standard InChI is InChI=1S/C15H22ClNO2/c1-4-18-13-7-12(8-13)17-11-5-6-15(14(16)9-11)19-10(2)3/h5-6,9-10,12-13,17H,4,7-8H2,1-3H3. The van der Waals surface area contributed by atoms with Crippen molar-refractivity contribution in [2.75, 3.05) is 11.9 Å². The first kappa shape index (κ1) is 14.5. The molecule has 0 aliphatic heterocycles. The van der Waals surface area contributed by atoms with Crippen LogP contribution < -0.4 is 10.1 Å². The van der Waals surface area contributed by atoms with Gasteiger partial charge in [0.1, 0.15) is 5.75 Å². The highest BCUT2D eigenvalue weighted by molar-refractivity contribution is 6.32. The molecule has 0 spiro atoms. The van der Waals surface area contributed by atoms with Gasteiger partial charge in [-0.2, -0.15) is 0 Å². The van der Waals surface area contributed by atoms with E-state index in [-0.39, 0.29) is 6.10 Å². The van der Waals surface area contributed by atoms with Gasteiger partial charge in [-0.1, -0.05) is 11.6 Å². The van der Waals surface area contributed by atoms with Crippen LogP contribution in [0.2, 0.25) is 5.02 Å².